The van der Waals surface area contributed by atoms with Crippen LogP contribution >= 0.6 is 0 Å². The summed E-state index contributed by atoms with van der Waals surface area (Å²) >= 11 is 0. The molecule has 0 saturated carbocycles. The minimum atomic E-state index is -0.938. The molecule has 0 radical (unpaired) electrons. The molecule has 4 rings (SSSR count). The van der Waals surface area contributed by atoms with Gasteiger partial charge in [-0.05, 0) is 55.0 Å². The van der Waals surface area contributed by atoms with Gasteiger partial charge in [-0.3, -0.25) is 19.4 Å². The molecule has 3 aromatic rings. The Hall–Kier alpha value is -4.31. The Balaban J connectivity index is 1.67. The standard InChI is InChI=1S/C25H20N4O3/c1-17-4-8-20(9-5-17)24(31)28(16-19-3-2-12-27-15-19)22-13-23(30)29(25(22)32)21-10-6-18(14-26)7-11-21/h2-12,15,22H,13,16H2,1H3. The molecule has 32 heavy (non-hydrogen) atoms. The second-order valence-corrected chi connectivity index (χ2v) is 7.61. The predicted molar refractivity (Wildman–Crippen MR) is 117 cm³/mol. The number of imide groups is 1. The summed E-state index contributed by atoms with van der Waals surface area (Å²) in [6.07, 6.45) is 3.15. The van der Waals surface area contributed by atoms with Gasteiger partial charge in [0, 0.05) is 24.5 Å². The van der Waals surface area contributed by atoms with Gasteiger partial charge in [0.15, 0.2) is 0 Å². The molecule has 1 unspecified atom stereocenters. The molecular weight excluding hydrogens is 404 g/mol. The van der Waals surface area contributed by atoms with E-state index in [4.69, 9.17) is 5.26 Å². The van der Waals surface area contributed by atoms with Gasteiger partial charge in [-0.15, -0.1) is 0 Å². The molecule has 7 nitrogen and oxygen atoms in total. The van der Waals surface area contributed by atoms with Gasteiger partial charge in [-0.2, -0.15) is 5.26 Å². The smallest absolute Gasteiger partial charge is 0.257 e. The fourth-order valence-corrected chi connectivity index (χ4v) is 3.69. The van der Waals surface area contributed by atoms with Gasteiger partial charge in [-0.1, -0.05) is 23.8 Å². The number of hydrogen-bond donors (Lipinski definition) is 0. The van der Waals surface area contributed by atoms with Crippen molar-refractivity contribution in [2.75, 3.05) is 4.90 Å². The van der Waals surface area contributed by atoms with Gasteiger partial charge in [0.25, 0.3) is 11.8 Å². The quantitative estimate of drug-likeness (QED) is 0.586. The van der Waals surface area contributed by atoms with Crippen LogP contribution in [-0.2, 0) is 16.1 Å². The lowest BCUT2D eigenvalue weighted by molar-refractivity contribution is -0.122. The van der Waals surface area contributed by atoms with Crippen LogP contribution in [0.3, 0.4) is 0 Å². The first-order valence-electron chi connectivity index (χ1n) is 10.1. The Kier molecular flexibility index (Phi) is 5.77. The third-order valence-electron chi connectivity index (χ3n) is 5.39. The Morgan fingerprint density at radius 2 is 1.84 bits per heavy atom. The highest BCUT2D eigenvalue weighted by molar-refractivity contribution is 6.23. The number of carbonyl (C=O) groups excluding carboxylic acids is 3. The Morgan fingerprint density at radius 3 is 2.47 bits per heavy atom. The fraction of sp³-hybridized carbons (Fsp3) is 0.160. The summed E-state index contributed by atoms with van der Waals surface area (Å²) < 4.78 is 0. The van der Waals surface area contributed by atoms with Crippen molar-refractivity contribution < 1.29 is 14.4 Å². The highest BCUT2D eigenvalue weighted by Crippen LogP contribution is 2.28. The summed E-state index contributed by atoms with van der Waals surface area (Å²) in [7, 11) is 0. The van der Waals surface area contributed by atoms with E-state index in [1.165, 1.54) is 4.90 Å². The number of aryl methyl sites for hydroxylation is 1. The number of benzene rings is 2. The molecule has 1 atom stereocenters. The van der Waals surface area contributed by atoms with E-state index >= 15 is 0 Å². The molecule has 0 bridgehead atoms. The van der Waals surface area contributed by atoms with Crippen molar-refractivity contribution >= 4 is 23.4 Å². The Labute approximate surface area is 185 Å². The minimum absolute atomic E-state index is 0.114. The van der Waals surface area contributed by atoms with Gasteiger partial charge in [0.1, 0.15) is 6.04 Å². The zero-order valence-corrected chi connectivity index (χ0v) is 17.4. The van der Waals surface area contributed by atoms with E-state index < -0.39 is 17.9 Å². The topological polar surface area (TPSA) is 94.4 Å². The molecule has 2 aromatic carbocycles. The summed E-state index contributed by atoms with van der Waals surface area (Å²) in [5, 5.41) is 8.99. The molecular formula is C25H20N4O3. The molecule has 0 aliphatic carbocycles. The van der Waals surface area contributed by atoms with Crippen LogP contribution in [0.25, 0.3) is 0 Å². The first-order valence-corrected chi connectivity index (χ1v) is 10.1. The minimum Gasteiger partial charge on any atom is -0.322 e. The third kappa shape index (κ3) is 4.12. The van der Waals surface area contributed by atoms with E-state index in [0.717, 1.165) is 16.0 Å². The number of anilines is 1. The van der Waals surface area contributed by atoms with Crippen LogP contribution in [-0.4, -0.2) is 33.6 Å². The van der Waals surface area contributed by atoms with Crippen LogP contribution < -0.4 is 4.90 Å². The summed E-state index contributed by atoms with van der Waals surface area (Å²) in [5.41, 5.74) is 3.02. The Morgan fingerprint density at radius 1 is 1.12 bits per heavy atom. The lowest BCUT2D eigenvalue weighted by Gasteiger charge is -2.28. The maximum absolute atomic E-state index is 13.4. The number of hydrogen-bond acceptors (Lipinski definition) is 5. The maximum Gasteiger partial charge on any atom is 0.257 e. The van der Waals surface area contributed by atoms with Crippen molar-refractivity contribution in [1.29, 1.82) is 5.26 Å². The van der Waals surface area contributed by atoms with Crippen molar-refractivity contribution in [3.8, 4) is 6.07 Å². The van der Waals surface area contributed by atoms with Gasteiger partial charge in [0.2, 0.25) is 5.91 Å². The van der Waals surface area contributed by atoms with Crippen LogP contribution in [0, 0.1) is 18.3 Å². The second kappa shape index (κ2) is 8.82. The van der Waals surface area contributed by atoms with E-state index in [-0.39, 0.29) is 18.9 Å². The van der Waals surface area contributed by atoms with E-state index in [1.54, 1.807) is 54.9 Å². The van der Waals surface area contributed by atoms with E-state index in [0.29, 0.717) is 16.8 Å². The van der Waals surface area contributed by atoms with Crippen LogP contribution in [0.5, 0.6) is 0 Å². The molecule has 7 heteroatoms. The average Bonchev–Trinajstić information content (AvgIpc) is 3.11. The molecule has 1 fully saturated rings. The SMILES string of the molecule is Cc1ccc(C(=O)N(Cc2cccnc2)C2CC(=O)N(c3ccc(C#N)cc3)C2=O)cc1. The van der Waals surface area contributed by atoms with Crippen LogP contribution in [0.4, 0.5) is 5.69 Å². The van der Waals surface area contributed by atoms with E-state index in [1.807, 2.05) is 31.2 Å². The zero-order chi connectivity index (χ0) is 22.7. The molecule has 1 aliphatic rings. The average molecular weight is 424 g/mol. The monoisotopic (exact) mass is 424 g/mol. The van der Waals surface area contributed by atoms with Crippen molar-refractivity contribution in [2.24, 2.45) is 0 Å². The number of amides is 3. The number of nitrogens with zero attached hydrogens (tertiary/aromatic N) is 4. The Bertz CT molecular complexity index is 1200. The summed E-state index contributed by atoms with van der Waals surface area (Å²) in [5.74, 6) is -1.19. The van der Waals surface area contributed by atoms with Crippen molar-refractivity contribution in [3.63, 3.8) is 0 Å². The molecule has 2 heterocycles. The highest BCUT2D eigenvalue weighted by atomic mass is 16.2. The van der Waals surface area contributed by atoms with Crippen molar-refractivity contribution in [2.45, 2.75) is 25.9 Å². The van der Waals surface area contributed by atoms with Crippen molar-refractivity contribution in [1.82, 2.24) is 9.88 Å². The lowest BCUT2D eigenvalue weighted by Crippen LogP contribution is -2.45. The van der Waals surface area contributed by atoms with Crippen molar-refractivity contribution in [3.05, 3.63) is 95.3 Å². The first kappa shape index (κ1) is 20.9. The summed E-state index contributed by atoms with van der Waals surface area (Å²) in [6.45, 7) is 2.07. The molecule has 1 aromatic heterocycles. The largest absolute Gasteiger partial charge is 0.322 e. The summed E-state index contributed by atoms with van der Waals surface area (Å²) in [4.78, 5) is 46.2. The van der Waals surface area contributed by atoms with Gasteiger partial charge >= 0.3 is 0 Å². The van der Waals surface area contributed by atoms with E-state index in [9.17, 15) is 14.4 Å². The molecule has 1 saturated heterocycles. The molecule has 3 amide bonds. The summed E-state index contributed by atoms with van der Waals surface area (Å²) in [6, 6.07) is 18.0. The van der Waals surface area contributed by atoms with Gasteiger partial charge in [0.05, 0.1) is 23.7 Å². The van der Waals surface area contributed by atoms with Gasteiger partial charge < -0.3 is 4.90 Å². The third-order valence-corrected chi connectivity index (χ3v) is 5.39. The second-order valence-electron chi connectivity index (χ2n) is 7.61. The zero-order valence-electron chi connectivity index (χ0n) is 17.4. The number of carbonyl (C=O) groups is 3. The van der Waals surface area contributed by atoms with E-state index in [2.05, 4.69) is 4.98 Å². The predicted octanol–water partition coefficient (Wildman–Crippen LogP) is 3.24. The van der Waals surface area contributed by atoms with Crippen LogP contribution in [0.2, 0.25) is 0 Å². The number of pyridine rings is 1. The molecule has 1 aliphatic heterocycles. The van der Waals surface area contributed by atoms with Crippen LogP contribution in [0.15, 0.2) is 73.1 Å². The number of aromatic nitrogens is 1. The van der Waals surface area contributed by atoms with Crippen LogP contribution in [0.1, 0.15) is 33.5 Å². The molecule has 0 spiro atoms. The normalized spacial score (nSPS) is 15.5. The highest BCUT2D eigenvalue weighted by Gasteiger charge is 2.44. The maximum atomic E-state index is 13.4. The molecule has 158 valence electrons. The number of nitriles is 1. The number of rotatable bonds is 5. The molecule has 0 N–H and O–H groups in total. The lowest BCUT2D eigenvalue weighted by atomic mass is 10.1. The first-order chi connectivity index (χ1) is 15.5. The fourth-order valence-electron chi connectivity index (χ4n) is 3.69. The van der Waals surface area contributed by atoms with Gasteiger partial charge in [-0.25, -0.2) is 4.90 Å².